The van der Waals surface area contributed by atoms with Crippen molar-refractivity contribution < 1.29 is 9.90 Å². The smallest absolute Gasteiger partial charge is 0.292 e. The van der Waals surface area contributed by atoms with E-state index in [2.05, 4.69) is 52.6 Å². The van der Waals surface area contributed by atoms with Crippen LogP contribution in [0.25, 0.3) is 0 Å². The number of aryl methyl sites for hydroxylation is 1. The van der Waals surface area contributed by atoms with Crippen LogP contribution < -0.4 is 5.43 Å². The number of fused-ring (bicyclic) bond motifs is 1. The highest BCUT2D eigenvalue weighted by atomic mass is 79.9. The molecule has 6 nitrogen and oxygen atoms in total. The summed E-state index contributed by atoms with van der Waals surface area (Å²) in [4.78, 5) is 12.1. The van der Waals surface area contributed by atoms with Crippen LogP contribution in [0.15, 0.2) is 26.2 Å². The van der Waals surface area contributed by atoms with Gasteiger partial charge in [-0.3, -0.25) is 9.89 Å². The molecule has 1 aromatic carbocycles. The molecule has 3 rings (SSSR count). The fourth-order valence-corrected chi connectivity index (χ4v) is 3.66. The molecule has 1 aliphatic rings. The third-order valence-electron chi connectivity index (χ3n) is 3.45. The van der Waals surface area contributed by atoms with Gasteiger partial charge in [-0.2, -0.15) is 10.2 Å². The largest absolute Gasteiger partial charge is 0.506 e. The van der Waals surface area contributed by atoms with E-state index in [0.717, 1.165) is 35.0 Å². The topological polar surface area (TPSA) is 90.4 Å². The standard InChI is InChI=1S/C14H12Br2N4O2/c15-8-4-7(13(21)10(16)5-8)6-17-20-14(22)12-9-2-1-3-11(9)18-19-12/h4-6,21H,1-3H2,(H,18,19)(H,20,22)/b17-6+. The summed E-state index contributed by atoms with van der Waals surface area (Å²) in [5, 5.41) is 20.7. The summed E-state index contributed by atoms with van der Waals surface area (Å²) in [7, 11) is 0. The van der Waals surface area contributed by atoms with Crippen LogP contribution in [0.2, 0.25) is 0 Å². The summed E-state index contributed by atoms with van der Waals surface area (Å²) in [5.74, 6) is -0.300. The lowest BCUT2D eigenvalue weighted by Crippen LogP contribution is -2.19. The third kappa shape index (κ3) is 2.93. The normalized spacial score (nSPS) is 13.5. The highest BCUT2D eigenvalue weighted by Crippen LogP contribution is 2.30. The monoisotopic (exact) mass is 426 g/mol. The minimum Gasteiger partial charge on any atom is -0.506 e. The molecule has 114 valence electrons. The van der Waals surface area contributed by atoms with Gasteiger partial charge in [0.1, 0.15) is 5.75 Å². The number of benzene rings is 1. The average Bonchev–Trinajstić information content (AvgIpc) is 3.06. The lowest BCUT2D eigenvalue weighted by Gasteiger charge is -2.03. The molecule has 1 aliphatic carbocycles. The van der Waals surface area contributed by atoms with Crippen LogP contribution in [-0.4, -0.2) is 27.4 Å². The van der Waals surface area contributed by atoms with E-state index in [9.17, 15) is 9.90 Å². The van der Waals surface area contributed by atoms with E-state index < -0.39 is 0 Å². The van der Waals surface area contributed by atoms with Gasteiger partial charge in [0, 0.05) is 21.3 Å². The fourth-order valence-electron chi connectivity index (χ4n) is 2.40. The zero-order valence-corrected chi connectivity index (χ0v) is 14.5. The van der Waals surface area contributed by atoms with Crippen molar-refractivity contribution in [3.63, 3.8) is 0 Å². The van der Waals surface area contributed by atoms with Gasteiger partial charge in [0.15, 0.2) is 5.69 Å². The molecule has 0 radical (unpaired) electrons. The molecule has 0 bridgehead atoms. The van der Waals surface area contributed by atoms with Gasteiger partial charge in [-0.05, 0) is 47.3 Å². The van der Waals surface area contributed by atoms with Crippen LogP contribution in [0.5, 0.6) is 5.75 Å². The lowest BCUT2D eigenvalue weighted by molar-refractivity contribution is 0.0949. The number of phenolic OH excluding ortho intramolecular Hbond substituents is 1. The molecule has 8 heteroatoms. The third-order valence-corrected chi connectivity index (χ3v) is 4.51. The van der Waals surface area contributed by atoms with Crippen LogP contribution in [0.1, 0.15) is 33.7 Å². The molecule has 0 saturated carbocycles. The van der Waals surface area contributed by atoms with Gasteiger partial charge >= 0.3 is 0 Å². The van der Waals surface area contributed by atoms with E-state index in [0.29, 0.717) is 15.7 Å². The summed E-state index contributed by atoms with van der Waals surface area (Å²) >= 11 is 6.57. The van der Waals surface area contributed by atoms with Crippen molar-refractivity contribution in [3.05, 3.63) is 43.6 Å². The number of aromatic amines is 1. The van der Waals surface area contributed by atoms with Crippen LogP contribution in [0.3, 0.4) is 0 Å². The van der Waals surface area contributed by atoms with E-state index >= 15 is 0 Å². The molecule has 0 aliphatic heterocycles. The second kappa shape index (κ2) is 6.21. The first-order valence-corrected chi connectivity index (χ1v) is 8.22. The Balaban J connectivity index is 1.73. The molecule has 2 aromatic rings. The Hall–Kier alpha value is -1.67. The van der Waals surface area contributed by atoms with E-state index in [1.807, 2.05) is 0 Å². The van der Waals surface area contributed by atoms with Gasteiger partial charge in [0.25, 0.3) is 5.91 Å². The van der Waals surface area contributed by atoms with Gasteiger partial charge < -0.3 is 5.11 Å². The van der Waals surface area contributed by atoms with E-state index in [1.165, 1.54) is 6.21 Å². The zero-order chi connectivity index (χ0) is 15.7. The molecule has 0 spiro atoms. The molecule has 1 amide bonds. The van der Waals surface area contributed by atoms with Crippen LogP contribution in [0, 0.1) is 0 Å². The number of carbonyl (C=O) groups is 1. The van der Waals surface area contributed by atoms with Gasteiger partial charge in [0.05, 0.1) is 10.7 Å². The van der Waals surface area contributed by atoms with Crippen molar-refractivity contribution >= 4 is 44.0 Å². The summed E-state index contributed by atoms with van der Waals surface area (Å²) in [5.41, 5.74) is 5.31. The molecule has 0 unspecified atom stereocenters. The highest BCUT2D eigenvalue weighted by Gasteiger charge is 2.22. The Morgan fingerprint density at radius 1 is 1.41 bits per heavy atom. The van der Waals surface area contributed by atoms with Gasteiger partial charge in [0.2, 0.25) is 0 Å². The average molecular weight is 428 g/mol. The maximum Gasteiger partial charge on any atom is 0.292 e. The number of nitrogens with zero attached hydrogens (tertiary/aromatic N) is 2. The maximum absolute atomic E-state index is 12.1. The summed E-state index contributed by atoms with van der Waals surface area (Å²) in [6.07, 6.45) is 4.21. The maximum atomic E-state index is 12.1. The van der Waals surface area contributed by atoms with Crippen molar-refractivity contribution in [2.24, 2.45) is 5.10 Å². The van der Waals surface area contributed by atoms with Crippen molar-refractivity contribution in [1.29, 1.82) is 0 Å². The first kappa shape index (κ1) is 15.2. The highest BCUT2D eigenvalue weighted by molar-refractivity contribution is 9.11. The number of hydrogen-bond donors (Lipinski definition) is 3. The Kier molecular flexibility index (Phi) is 4.30. The van der Waals surface area contributed by atoms with Crippen LogP contribution >= 0.6 is 31.9 Å². The number of carbonyl (C=O) groups excluding carboxylic acids is 1. The van der Waals surface area contributed by atoms with Crippen molar-refractivity contribution in [3.8, 4) is 5.75 Å². The number of phenols is 1. The number of aromatic hydroxyl groups is 1. The second-order valence-corrected chi connectivity index (χ2v) is 6.68. The predicted octanol–water partition coefficient (Wildman–Crippen LogP) is 2.89. The van der Waals surface area contributed by atoms with E-state index in [4.69, 9.17) is 0 Å². The number of amides is 1. The number of aromatic nitrogens is 2. The first-order chi connectivity index (χ1) is 10.6. The van der Waals surface area contributed by atoms with Gasteiger partial charge in [-0.25, -0.2) is 5.43 Å². The predicted molar refractivity (Wildman–Crippen MR) is 89.2 cm³/mol. The molecule has 22 heavy (non-hydrogen) atoms. The van der Waals surface area contributed by atoms with Gasteiger partial charge in [-0.15, -0.1) is 0 Å². The zero-order valence-electron chi connectivity index (χ0n) is 11.4. The van der Waals surface area contributed by atoms with Gasteiger partial charge in [-0.1, -0.05) is 15.9 Å². The SMILES string of the molecule is O=C(N/N=C/c1cc(Br)cc(Br)c1O)c1n[nH]c2c1CCC2. The minimum atomic E-state index is -0.357. The number of rotatable bonds is 3. The van der Waals surface area contributed by atoms with Crippen LogP contribution in [-0.2, 0) is 12.8 Å². The quantitative estimate of drug-likeness (QED) is 0.519. The lowest BCUT2D eigenvalue weighted by atomic mass is 10.2. The van der Waals surface area contributed by atoms with E-state index in [-0.39, 0.29) is 11.7 Å². The minimum absolute atomic E-state index is 0.0573. The van der Waals surface area contributed by atoms with Crippen molar-refractivity contribution in [2.45, 2.75) is 19.3 Å². The molecule has 0 fully saturated rings. The Labute approximate surface area is 143 Å². The number of hydrazone groups is 1. The number of nitrogens with one attached hydrogen (secondary N) is 2. The first-order valence-electron chi connectivity index (χ1n) is 6.64. The second-order valence-electron chi connectivity index (χ2n) is 4.91. The molecule has 1 heterocycles. The molecule has 0 atom stereocenters. The summed E-state index contributed by atoms with van der Waals surface area (Å²) in [6, 6.07) is 3.42. The molecular formula is C14H12Br2N4O2. The Morgan fingerprint density at radius 3 is 3.05 bits per heavy atom. The number of hydrogen-bond acceptors (Lipinski definition) is 4. The van der Waals surface area contributed by atoms with Crippen LogP contribution in [0.4, 0.5) is 0 Å². The van der Waals surface area contributed by atoms with Crippen molar-refractivity contribution in [2.75, 3.05) is 0 Å². The summed E-state index contributed by atoms with van der Waals surface area (Å²) in [6.45, 7) is 0. The van der Waals surface area contributed by atoms with Crippen molar-refractivity contribution in [1.82, 2.24) is 15.6 Å². The van der Waals surface area contributed by atoms with E-state index in [1.54, 1.807) is 12.1 Å². The number of halogens is 2. The Bertz CT molecular complexity index is 770. The fraction of sp³-hybridized carbons (Fsp3) is 0.214. The molecule has 3 N–H and O–H groups in total. The molecule has 0 saturated heterocycles. The Morgan fingerprint density at radius 2 is 2.23 bits per heavy atom. The number of H-pyrrole nitrogens is 1. The molecule has 1 aromatic heterocycles. The molecular weight excluding hydrogens is 416 g/mol. The summed E-state index contributed by atoms with van der Waals surface area (Å²) < 4.78 is 1.33.